The van der Waals surface area contributed by atoms with Crippen LogP contribution in [0.5, 0.6) is 5.75 Å². The summed E-state index contributed by atoms with van der Waals surface area (Å²) in [7, 11) is 1.75. The molecule has 3 unspecified atom stereocenters. The molecule has 2 aromatic rings. The van der Waals surface area contributed by atoms with Gasteiger partial charge in [-0.1, -0.05) is 12.1 Å². The van der Waals surface area contributed by atoms with Crippen LogP contribution in [0.25, 0.3) is 0 Å². The van der Waals surface area contributed by atoms with Crippen molar-refractivity contribution in [3.8, 4) is 5.75 Å². The van der Waals surface area contributed by atoms with Crippen LogP contribution < -0.4 is 4.74 Å². The molecule has 1 N–H and O–H groups in total. The summed E-state index contributed by atoms with van der Waals surface area (Å²) in [6, 6.07) is 13.0. The Morgan fingerprint density at radius 2 is 1.94 bits per heavy atom. The third-order valence-electron chi connectivity index (χ3n) is 9.16. The lowest BCUT2D eigenvalue weighted by Gasteiger charge is -2.61. The molecular weight excluding hydrogens is 410 g/mol. The number of likely N-dealkylation sites (tertiary alicyclic amines) is 2. The van der Waals surface area contributed by atoms with E-state index >= 15 is 0 Å². The Balaban J connectivity index is 1.32. The zero-order valence-corrected chi connectivity index (χ0v) is 19.9. The summed E-state index contributed by atoms with van der Waals surface area (Å²) >= 11 is 0. The van der Waals surface area contributed by atoms with E-state index in [1.807, 2.05) is 12.3 Å². The van der Waals surface area contributed by atoms with Crippen molar-refractivity contribution >= 4 is 0 Å². The van der Waals surface area contributed by atoms with Gasteiger partial charge in [0.2, 0.25) is 0 Å². The van der Waals surface area contributed by atoms with E-state index in [4.69, 9.17) is 4.74 Å². The number of ether oxygens (including phenoxy) is 1. The molecule has 1 saturated carbocycles. The van der Waals surface area contributed by atoms with Crippen LogP contribution in [-0.4, -0.2) is 71.4 Å². The molecule has 2 bridgehead atoms. The van der Waals surface area contributed by atoms with Crippen molar-refractivity contribution in [1.82, 2.24) is 14.8 Å². The Morgan fingerprint density at radius 3 is 2.73 bits per heavy atom. The minimum atomic E-state index is -0.681. The van der Waals surface area contributed by atoms with Crippen molar-refractivity contribution in [2.24, 2.45) is 5.92 Å². The lowest BCUT2D eigenvalue weighted by atomic mass is 9.52. The van der Waals surface area contributed by atoms with Gasteiger partial charge in [-0.05, 0) is 92.9 Å². The first-order valence-corrected chi connectivity index (χ1v) is 12.9. The van der Waals surface area contributed by atoms with Crippen molar-refractivity contribution in [2.75, 3.05) is 39.8 Å². The van der Waals surface area contributed by atoms with Gasteiger partial charge in [0.15, 0.2) is 0 Å². The number of aliphatic hydroxyl groups is 1. The van der Waals surface area contributed by atoms with E-state index in [0.717, 1.165) is 82.2 Å². The molecule has 5 heteroatoms. The molecule has 2 aliphatic heterocycles. The fourth-order valence-electron chi connectivity index (χ4n) is 7.07. The van der Waals surface area contributed by atoms with Crippen molar-refractivity contribution in [2.45, 2.75) is 62.0 Å². The van der Waals surface area contributed by atoms with E-state index in [0.29, 0.717) is 0 Å². The summed E-state index contributed by atoms with van der Waals surface area (Å²) in [6.07, 6.45) is 9.43. The van der Waals surface area contributed by atoms with E-state index in [1.54, 1.807) is 7.11 Å². The molecule has 2 saturated heterocycles. The highest BCUT2D eigenvalue weighted by Gasteiger charge is 2.63. The number of hydrogen-bond acceptors (Lipinski definition) is 5. The number of rotatable bonds is 6. The van der Waals surface area contributed by atoms with Crippen LogP contribution in [0.4, 0.5) is 0 Å². The monoisotopic (exact) mass is 447 g/mol. The number of piperidine rings is 1. The van der Waals surface area contributed by atoms with Gasteiger partial charge in [0.1, 0.15) is 5.75 Å². The summed E-state index contributed by atoms with van der Waals surface area (Å²) in [5, 5.41) is 12.6. The number of hydrogen-bond donors (Lipinski definition) is 1. The molecule has 0 spiro atoms. The van der Waals surface area contributed by atoms with Crippen LogP contribution in [0.2, 0.25) is 0 Å². The Bertz CT molecular complexity index is 994. The fraction of sp³-hybridized carbons (Fsp3) is 0.607. The van der Waals surface area contributed by atoms with Gasteiger partial charge < -0.3 is 14.7 Å². The van der Waals surface area contributed by atoms with Gasteiger partial charge in [0.05, 0.1) is 12.7 Å². The Labute approximate surface area is 197 Å². The van der Waals surface area contributed by atoms with Crippen LogP contribution in [0.3, 0.4) is 0 Å². The van der Waals surface area contributed by atoms with Gasteiger partial charge in [0.25, 0.3) is 0 Å². The molecule has 1 aromatic heterocycles. The average molecular weight is 448 g/mol. The highest BCUT2D eigenvalue weighted by Crippen LogP contribution is 2.56. The first kappa shape index (κ1) is 21.6. The second kappa shape index (κ2) is 8.37. The quantitative estimate of drug-likeness (QED) is 0.735. The van der Waals surface area contributed by atoms with Crippen molar-refractivity contribution in [1.29, 1.82) is 0 Å². The summed E-state index contributed by atoms with van der Waals surface area (Å²) in [5.74, 6) is 1.76. The third-order valence-corrected chi connectivity index (χ3v) is 9.16. The zero-order valence-electron chi connectivity index (χ0n) is 19.9. The predicted octanol–water partition coefficient (Wildman–Crippen LogP) is 3.44. The molecule has 3 heterocycles. The minimum Gasteiger partial charge on any atom is -0.497 e. The molecule has 0 amide bonds. The molecule has 33 heavy (non-hydrogen) atoms. The maximum atomic E-state index is 12.6. The Hall–Kier alpha value is -1.95. The topological polar surface area (TPSA) is 48.8 Å². The largest absolute Gasteiger partial charge is 0.497 e. The number of benzene rings is 1. The maximum absolute atomic E-state index is 12.6. The smallest absolute Gasteiger partial charge is 0.119 e. The summed E-state index contributed by atoms with van der Waals surface area (Å²) in [6.45, 7) is 5.26. The van der Waals surface area contributed by atoms with Crippen LogP contribution in [0.15, 0.2) is 42.6 Å². The van der Waals surface area contributed by atoms with E-state index < -0.39 is 5.60 Å². The molecular formula is C28H37N3O2. The van der Waals surface area contributed by atoms with E-state index in [1.165, 1.54) is 24.0 Å². The van der Waals surface area contributed by atoms with Crippen molar-refractivity contribution < 1.29 is 9.84 Å². The molecule has 3 atom stereocenters. The highest BCUT2D eigenvalue weighted by molar-refractivity contribution is 5.48. The van der Waals surface area contributed by atoms with Crippen molar-refractivity contribution in [3.05, 3.63) is 59.4 Å². The lowest BCUT2D eigenvalue weighted by molar-refractivity contribution is -0.149. The summed E-state index contributed by atoms with van der Waals surface area (Å²) in [5.41, 5.74) is 3.07. The molecule has 1 aromatic carbocycles. The van der Waals surface area contributed by atoms with Crippen LogP contribution in [0, 0.1) is 5.92 Å². The van der Waals surface area contributed by atoms with E-state index in [-0.39, 0.29) is 11.5 Å². The fourth-order valence-corrected chi connectivity index (χ4v) is 7.07. The first-order valence-electron chi connectivity index (χ1n) is 12.9. The molecule has 2 aliphatic carbocycles. The van der Waals surface area contributed by atoms with Gasteiger partial charge in [-0.2, -0.15) is 0 Å². The van der Waals surface area contributed by atoms with Gasteiger partial charge in [-0.3, -0.25) is 9.88 Å². The molecule has 6 rings (SSSR count). The summed E-state index contributed by atoms with van der Waals surface area (Å²) in [4.78, 5) is 9.75. The minimum absolute atomic E-state index is 0.181. The number of nitrogens with zero attached hydrogens (tertiary/aromatic N) is 3. The van der Waals surface area contributed by atoms with E-state index in [2.05, 4.69) is 45.1 Å². The molecule has 0 radical (unpaired) electrons. The standard InChI is InChI=1S/C28H37N3O2/c1-33-24-8-7-22-18-26-28(32)12-16-30(14-9-23-4-2-3-13-29-23)15-10-27(28,25(22)19-24)11-17-31(26)20-21-5-6-21/h2-4,7-8,13,19,21,26,32H,5-6,9-12,14-18,20H2,1H3. The lowest BCUT2D eigenvalue weighted by Crippen LogP contribution is -2.71. The van der Waals surface area contributed by atoms with Gasteiger partial charge in [-0.25, -0.2) is 0 Å². The third kappa shape index (κ3) is 3.69. The predicted molar refractivity (Wildman–Crippen MR) is 130 cm³/mol. The highest BCUT2D eigenvalue weighted by atomic mass is 16.5. The summed E-state index contributed by atoms with van der Waals surface area (Å²) < 4.78 is 5.64. The Kier molecular flexibility index (Phi) is 5.47. The van der Waals surface area contributed by atoms with Crippen LogP contribution in [-0.2, 0) is 18.3 Å². The van der Waals surface area contributed by atoms with Crippen molar-refractivity contribution in [3.63, 3.8) is 0 Å². The number of pyridine rings is 1. The van der Waals surface area contributed by atoms with Crippen LogP contribution >= 0.6 is 0 Å². The molecule has 5 nitrogen and oxygen atoms in total. The van der Waals surface area contributed by atoms with Crippen LogP contribution in [0.1, 0.15) is 48.9 Å². The van der Waals surface area contributed by atoms with Gasteiger partial charge in [-0.15, -0.1) is 0 Å². The first-order chi connectivity index (χ1) is 16.1. The average Bonchev–Trinajstić information content (AvgIpc) is 3.67. The number of aromatic nitrogens is 1. The molecule has 4 aliphatic rings. The molecule has 3 fully saturated rings. The van der Waals surface area contributed by atoms with Gasteiger partial charge in [0, 0.05) is 49.4 Å². The second-order valence-electron chi connectivity index (χ2n) is 10.9. The normalized spacial score (nSPS) is 32.0. The maximum Gasteiger partial charge on any atom is 0.119 e. The SMILES string of the molecule is COc1ccc2c(c1)C13CCN(CCc4ccccn4)CCC1(O)C(C2)N(CC1CC1)CC3. The van der Waals surface area contributed by atoms with E-state index in [9.17, 15) is 5.11 Å². The number of fused-ring (bicyclic) bond motifs is 1. The Morgan fingerprint density at radius 1 is 1.09 bits per heavy atom. The van der Waals surface area contributed by atoms with Gasteiger partial charge >= 0.3 is 0 Å². The molecule has 176 valence electrons. The zero-order chi connectivity index (χ0) is 22.5. The number of methoxy groups -OCH3 is 1. The second-order valence-corrected chi connectivity index (χ2v) is 10.9.